The van der Waals surface area contributed by atoms with Crippen LogP contribution >= 0.6 is 0 Å². The summed E-state index contributed by atoms with van der Waals surface area (Å²) in [5.41, 5.74) is 2.78. The van der Waals surface area contributed by atoms with Crippen molar-refractivity contribution in [2.45, 2.75) is 19.9 Å². The SMILES string of the molecule is [2H]N(c1c(C=NC(c2ccccc2)c2ccccc2)cc([N+](=O)[O-])cc1[N+](=O)[O-])c1c(C)ccc2cccc(C)c12. The number of aryl methyl sites for hydroxylation is 2. The molecule has 0 amide bonds. The lowest BCUT2D eigenvalue weighted by atomic mass is 9.99. The van der Waals surface area contributed by atoms with E-state index in [2.05, 4.69) is 0 Å². The number of anilines is 2. The highest BCUT2D eigenvalue weighted by Gasteiger charge is 2.25. The van der Waals surface area contributed by atoms with Crippen LogP contribution < -0.4 is 5.31 Å². The predicted octanol–water partition coefficient (Wildman–Crippen LogP) is 8.23. The molecule has 0 fully saturated rings. The second-order valence-corrected chi connectivity index (χ2v) is 9.43. The third-order valence-corrected chi connectivity index (χ3v) is 6.76. The molecule has 1 N–H and O–H groups in total. The quantitative estimate of drug-likeness (QED) is 0.123. The zero-order valence-electron chi connectivity index (χ0n) is 22.9. The van der Waals surface area contributed by atoms with Crippen LogP contribution in [0.4, 0.5) is 22.7 Å². The maximum Gasteiger partial charge on any atom is 0.300 e. The maximum atomic E-state index is 12.3. The van der Waals surface area contributed by atoms with Gasteiger partial charge in [0.2, 0.25) is 0 Å². The molecule has 5 rings (SSSR count). The Morgan fingerprint density at radius 3 is 2.02 bits per heavy atom. The van der Waals surface area contributed by atoms with Crippen LogP contribution in [0.25, 0.3) is 10.8 Å². The number of hydrogen-bond acceptors (Lipinski definition) is 6. The van der Waals surface area contributed by atoms with E-state index in [4.69, 9.17) is 4.99 Å². The van der Waals surface area contributed by atoms with E-state index in [9.17, 15) is 21.6 Å². The first-order valence-electron chi connectivity index (χ1n) is 13.1. The van der Waals surface area contributed by atoms with Crippen molar-refractivity contribution in [2.24, 2.45) is 4.99 Å². The molecule has 0 aliphatic carbocycles. The van der Waals surface area contributed by atoms with E-state index < -0.39 is 27.3 Å². The van der Waals surface area contributed by atoms with Crippen molar-refractivity contribution >= 4 is 39.7 Å². The van der Waals surface area contributed by atoms with Gasteiger partial charge in [-0.05, 0) is 41.5 Å². The van der Waals surface area contributed by atoms with Gasteiger partial charge in [0.1, 0.15) is 5.69 Å². The van der Waals surface area contributed by atoms with Crippen LogP contribution in [0.1, 0.15) is 33.9 Å². The third kappa shape index (κ3) is 5.28. The highest BCUT2D eigenvalue weighted by atomic mass is 16.6. The molecule has 5 aromatic carbocycles. The standard InChI is InChI=1S/C32H26N4O4/c1-21-10-9-15-23-17-16-22(2)30(29(21)23)34-32-26(18-27(35(37)38)19-28(32)36(39)40)20-33-31(24-11-5-3-6-12-24)25-13-7-4-8-14-25/h3-20,31,34H,1-2H3/i/hD. The highest BCUT2D eigenvalue weighted by Crippen LogP contribution is 2.39. The Labute approximate surface area is 232 Å². The van der Waals surface area contributed by atoms with Gasteiger partial charge in [0.25, 0.3) is 11.4 Å². The fourth-order valence-electron chi connectivity index (χ4n) is 4.78. The van der Waals surface area contributed by atoms with Crippen molar-refractivity contribution in [3.8, 4) is 0 Å². The van der Waals surface area contributed by atoms with E-state index in [1.807, 2.05) is 105 Å². The Bertz CT molecular complexity index is 1750. The topological polar surface area (TPSA) is 111 Å². The number of nitro benzene ring substituents is 2. The summed E-state index contributed by atoms with van der Waals surface area (Å²) in [7, 11) is 0. The van der Waals surface area contributed by atoms with Crippen molar-refractivity contribution < 1.29 is 11.3 Å². The number of nitrogens with one attached hydrogen (secondary N) is 1. The van der Waals surface area contributed by atoms with Gasteiger partial charge in [-0.3, -0.25) is 25.2 Å². The molecule has 0 saturated carbocycles. The minimum atomic E-state index is -0.694. The normalized spacial score (nSPS) is 11.6. The average Bonchev–Trinajstić information content (AvgIpc) is 2.98. The molecular formula is C32H26N4O4. The minimum absolute atomic E-state index is 0.0859. The van der Waals surface area contributed by atoms with Crippen molar-refractivity contribution in [3.05, 3.63) is 151 Å². The highest BCUT2D eigenvalue weighted by molar-refractivity contribution is 6.02. The van der Waals surface area contributed by atoms with Gasteiger partial charge in [-0.25, -0.2) is 0 Å². The lowest BCUT2D eigenvalue weighted by Crippen LogP contribution is -2.06. The molecule has 0 bridgehead atoms. The first kappa shape index (κ1) is 24.9. The summed E-state index contributed by atoms with van der Waals surface area (Å²) in [4.78, 5) is 27.5. The van der Waals surface area contributed by atoms with Crippen molar-refractivity contribution in [1.82, 2.24) is 0 Å². The molecule has 0 unspecified atom stereocenters. The monoisotopic (exact) mass is 531 g/mol. The molecule has 0 heterocycles. The van der Waals surface area contributed by atoms with Gasteiger partial charge in [0.05, 0.1) is 22.0 Å². The predicted molar refractivity (Wildman–Crippen MR) is 159 cm³/mol. The number of hydrogen-bond donors (Lipinski definition) is 1. The lowest BCUT2D eigenvalue weighted by molar-refractivity contribution is -0.393. The fourth-order valence-corrected chi connectivity index (χ4v) is 4.78. The average molecular weight is 532 g/mol. The van der Waals surface area contributed by atoms with Crippen LogP contribution in [0.2, 0.25) is 1.41 Å². The lowest BCUT2D eigenvalue weighted by Gasteiger charge is -2.17. The van der Waals surface area contributed by atoms with E-state index in [-0.39, 0.29) is 11.3 Å². The summed E-state index contributed by atoms with van der Waals surface area (Å²) in [5.74, 6) is 0. The number of rotatable bonds is 8. The van der Waals surface area contributed by atoms with Gasteiger partial charge in [-0.1, -0.05) is 91.0 Å². The Hall–Kier alpha value is -5.37. The number of benzene rings is 5. The molecule has 40 heavy (non-hydrogen) atoms. The molecule has 0 aliphatic heterocycles. The largest absolute Gasteiger partial charge is 0.349 e. The van der Waals surface area contributed by atoms with Gasteiger partial charge >= 0.3 is 0 Å². The van der Waals surface area contributed by atoms with E-state index in [1.165, 1.54) is 12.3 Å². The molecule has 0 saturated heterocycles. The summed E-state index contributed by atoms with van der Waals surface area (Å²) in [6, 6.07) is 30.2. The Morgan fingerprint density at radius 1 is 0.775 bits per heavy atom. The number of nitrogens with zero attached hydrogens (tertiary/aromatic N) is 3. The first-order chi connectivity index (χ1) is 19.8. The number of fused-ring (bicyclic) bond motifs is 1. The molecule has 0 aliphatic rings. The van der Waals surface area contributed by atoms with Crippen LogP contribution in [-0.4, -0.2) is 16.1 Å². The fraction of sp³-hybridized carbons (Fsp3) is 0.0938. The van der Waals surface area contributed by atoms with Gasteiger partial charge < -0.3 is 5.31 Å². The number of nitro groups is 2. The van der Waals surface area contributed by atoms with Crippen LogP contribution in [0, 0.1) is 34.1 Å². The van der Waals surface area contributed by atoms with Crippen molar-refractivity contribution in [3.63, 3.8) is 0 Å². The third-order valence-electron chi connectivity index (χ3n) is 6.76. The zero-order valence-corrected chi connectivity index (χ0v) is 21.9. The van der Waals surface area contributed by atoms with Gasteiger partial charge in [0.15, 0.2) is 1.41 Å². The molecule has 0 spiro atoms. The van der Waals surface area contributed by atoms with Crippen LogP contribution in [0.5, 0.6) is 0 Å². The van der Waals surface area contributed by atoms with Crippen molar-refractivity contribution in [2.75, 3.05) is 5.31 Å². The van der Waals surface area contributed by atoms with E-state index in [0.717, 1.165) is 44.4 Å². The minimum Gasteiger partial charge on any atom is -0.349 e. The summed E-state index contributed by atoms with van der Waals surface area (Å²) in [6.45, 7) is 3.74. The van der Waals surface area contributed by atoms with Gasteiger partial charge in [-0.15, -0.1) is 0 Å². The Balaban J connectivity index is 1.76. The molecule has 0 aromatic heterocycles. The summed E-state index contributed by atoms with van der Waals surface area (Å²) < 4.78 is 9.24. The van der Waals surface area contributed by atoms with Gasteiger partial charge in [-0.2, -0.15) is 0 Å². The number of non-ortho nitro benzene ring substituents is 1. The first-order valence-corrected chi connectivity index (χ1v) is 12.6. The van der Waals surface area contributed by atoms with Crippen LogP contribution in [0.3, 0.4) is 0 Å². The van der Waals surface area contributed by atoms with Gasteiger partial charge in [0, 0.05) is 28.9 Å². The molecule has 8 nitrogen and oxygen atoms in total. The van der Waals surface area contributed by atoms with Crippen molar-refractivity contribution in [1.29, 1.82) is 0 Å². The molecule has 198 valence electrons. The molecular weight excluding hydrogens is 504 g/mol. The van der Waals surface area contributed by atoms with E-state index >= 15 is 0 Å². The second-order valence-electron chi connectivity index (χ2n) is 9.43. The smallest absolute Gasteiger partial charge is 0.300 e. The number of aliphatic imine (C=N–C) groups is 1. The summed E-state index contributed by atoms with van der Waals surface area (Å²) in [6.07, 6.45) is 1.40. The molecule has 8 heteroatoms. The summed E-state index contributed by atoms with van der Waals surface area (Å²) >= 11 is 0. The molecule has 0 radical (unpaired) electrons. The van der Waals surface area contributed by atoms with Crippen LogP contribution in [0.15, 0.2) is 108 Å². The summed E-state index contributed by atoms with van der Waals surface area (Å²) in [5, 5.41) is 26.8. The van der Waals surface area contributed by atoms with E-state index in [0.29, 0.717) is 5.69 Å². The maximum absolute atomic E-state index is 12.3. The Morgan fingerprint density at radius 2 is 1.43 bits per heavy atom. The second kappa shape index (κ2) is 11.2. The van der Waals surface area contributed by atoms with E-state index in [1.54, 1.807) is 0 Å². The molecule has 5 aromatic rings. The van der Waals surface area contributed by atoms with Crippen LogP contribution in [-0.2, 0) is 0 Å². The Kier molecular flexibility index (Phi) is 6.96. The zero-order chi connectivity index (χ0) is 29.1. The molecule has 0 atom stereocenters.